The smallest absolute Gasteiger partial charge is 0.178 e. The summed E-state index contributed by atoms with van der Waals surface area (Å²) in [5.74, 6) is 0.785. The molecule has 0 amide bonds. The van der Waals surface area contributed by atoms with Gasteiger partial charge in [-0.3, -0.25) is 0 Å². The van der Waals surface area contributed by atoms with Crippen molar-refractivity contribution in [3.8, 4) is 5.75 Å². The summed E-state index contributed by atoms with van der Waals surface area (Å²) in [7, 11) is 1.65. The number of H-pyrrole nitrogens is 1. The second kappa shape index (κ2) is 4.98. The highest BCUT2D eigenvalue weighted by Gasteiger charge is 2.26. The van der Waals surface area contributed by atoms with Gasteiger partial charge in [0, 0.05) is 0 Å². The number of methoxy groups -OCH3 is 1. The Bertz CT molecular complexity index is 646. The van der Waals surface area contributed by atoms with E-state index < -0.39 is 0 Å². The number of aromatic nitrogens is 2. The first-order valence-electron chi connectivity index (χ1n) is 6.67. The molecule has 4 nitrogen and oxygen atoms in total. The standard InChI is InChI=1S/C14H18N2O2S/c1-18-12-8-4-6-10-13(12)15-14(19)16(10)9-5-2-3-7-11(9)17/h4,6,8-9,11,17H,2-3,5,7H2,1H3,(H,15,19). The maximum absolute atomic E-state index is 10.2. The number of benzene rings is 1. The van der Waals surface area contributed by atoms with E-state index in [1.165, 1.54) is 0 Å². The van der Waals surface area contributed by atoms with Crippen LogP contribution in [0.3, 0.4) is 0 Å². The minimum atomic E-state index is -0.314. The normalized spacial score (nSPS) is 23.7. The van der Waals surface area contributed by atoms with Crippen LogP contribution in [0.5, 0.6) is 5.75 Å². The Morgan fingerprint density at radius 2 is 2.16 bits per heavy atom. The molecular formula is C14H18N2O2S. The molecular weight excluding hydrogens is 260 g/mol. The summed E-state index contributed by atoms with van der Waals surface area (Å²) in [4.78, 5) is 3.21. The SMILES string of the molecule is COc1cccc2c1[nH]c(=S)n2C1CCCCC1O. The predicted molar refractivity (Wildman–Crippen MR) is 77.2 cm³/mol. The fourth-order valence-electron chi connectivity index (χ4n) is 3.01. The fraction of sp³-hybridized carbons (Fsp3) is 0.500. The molecule has 1 saturated carbocycles. The van der Waals surface area contributed by atoms with Crippen LogP contribution in [-0.4, -0.2) is 27.9 Å². The number of ether oxygens (including phenoxy) is 1. The number of hydrogen-bond donors (Lipinski definition) is 2. The lowest BCUT2D eigenvalue weighted by Gasteiger charge is -2.29. The number of para-hydroxylation sites is 1. The van der Waals surface area contributed by atoms with Crippen LogP contribution < -0.4 is 4.74 Å². The highest BCUT2D eigenvalue weighted by Crippen LogP contribution is 2.33. The van der Waals surface area contributed by atoms with Crippen molar-refractivity contribution < 1.29 is 9.84 Å². The van der Waals surface area contributed by atoms with Gasteiger partial charge in [-0.1, -0.05) is 18.9 Å². The van der Waals surface area contributed by atoms with Crippen molar-refractivity contribution in [2.45, 2.75) is 37.8 Å². The summed E-state index contributed by atoms with van der Waals surface area (Å²) < 4.78 is 8.07. The van der Waals surface area contributed by atoms with Crippen molar-refractivity contribution in [1.29, 1.82) is 0 Å². The molecule has 2 aromatic rings. The van der Waals surface area contributed by atoms with E-state index in [2.05, 4.69) is 9.55 Å². The molecule has 0 bridgehead atoms. The van der Waals surface area contributed by atoms with Crippen LogP contribution in [0.25, 0.3) is 11.0 Å². The summed E-state index contributed by atoms with van der Waals surface area (Å²) in [5.41, 5.74) is 1.92. The van der Waals surface area contributed by atoms with Gasteiger partial charge in [-0.25, -0.2) is 0 Å². The van der Waals surface area contributed by atoms with E-state index in [0.29, 0.717) is 4.77 Å². The van der Waals surface area contributed by atoms with Crippen molar-refractivity contribution >= 4 is 23.3 Å². The lowest BCUT2D eigenvalue weighted by molar-refractivity contribution is 0.0767. The lowest BCUT2D eigenvalue weighted by Crippen LogP contribution is -2.27. The summed E-state index contributed by atoms with van der Waals surface area (Å²) >= 11 is 5.43. The van der Waals surface area contributed by atoms with Gasteiger partial charge >= 0.3 is 0 Å². The van der Waals surface area contributed by atoms with Gasteiger partial charge in [0.25, 0.3) is 0 Å². The molecule has 3 rings (SSSR count). The third-order valence-electron chi connectivity index (χ3n) is 3.96. The first-order valence-corrected chi connectivity index (χ1v) is 7.08. The number of nitrogens with zero attached hydrogens (tertiary/aromatic N) is 1. The monoisotopic (exact) mass is 278 g/mol. The van der Waals surface area contributed by atoms with Crippen LogP contribution in [0.15, 0.2) is 18.2 Å². The average Bonchev–Trinajstić information content (AvgIpc) is 2.75. The Hall–Kier alpha value is -1.33. The number of nitrogens with one attached hydrogen (secondary N) is 1. The molecule has 2 unspecified atom stereocenters. The molecule has 1 aromatic carbocycles. The maximum atomic E-state index is 10.2. The zero-order chi connectivity index (χ0) is 13.4. The predicted octanol–water partition coefficient (Wildman–Crippen LogP) is 3.18. The van der Waals surface area contributed by atoms with Crippen LogP contribution in [0.1, 0.15) is 31.7 Å². The summed E-state index contributed by atoms with van der Waals surface area (Å²) in [6.07, 6.45) is 3.74. The first-order chi connectivity index (χ1) is 9.22. The number of fused-ring (bicyclic) bond motifs is 1. The molecule has 102 valence electrons. The largest absolute Gasteiger partial charge is 0.494 e. The summed E-state index contributed by atoms with van der Waals surface area (Å²) in [6, 6.07) is 5.96. The van der Waals surface area contributed by atoms with Crippen LogP contribution in [0.4, 0.5) is 0 Å². The quantitative estimate of drug-likeness (QED) is 0.830. The van der Waals surface area contributed by atoms with Crippen LogP contribution >= 0.6 is 12.2 Å². The number of aromatic amines is 1. The molecule has 2 N–H and O–H groups in total. The zero-order valence-corrected chi connectivity index (χ0v) is 11.7. The zero-order valence-electron chi connectivity index (χ0n) is 10.9. The molecule has 0 radical (unpaired) electrons. The van der Waals surface area contributed by atoms with E-state index in [1.807, 2.05) is 18.2 Å². The molecule has 5 heteroatoms. The maximum Gasteiger partial charge on any atom is 0.178 e. The number of imidazole rings is 1. The van der Waals surface area contributed by atoms with Gasteiger partial charge < -0.3 is 19.4 Å². The van der Waals surface area contributed by atoms with E-state index in [9.17, 15) is 5.11 Å². The fourth-order valence-corrected chi connectivity index (χ4v) is 3.35. The molecule has 1 aliphatic carbocycles. The molecule has 0 aliphatic heterocycles. The van der Waals surface area contributed by atoms with Crippen LogP contribution in [-0.2, 0) is 0 Å². The number of aliphatic hydroxyl groups is 1. The minimum Gasteiger partial charge on any atom is -0.494 e. The van der Waals surface area contributed by atoms with Gasteiger partial charge in [-0.2, -0.15) is 0 Å². The highest BCUT2D eigenvalue weighted by molar-refractivity contribution is 7.71. The minimum absolute atomic E-state index is 0.0714. The topological polar surface area (TPSA) is 50.2 Å². The van der Waals surface area contributed by atoms with Crippen molar-refractivity contribution in [2.24, 2.45) is 0 Å². The number of rotatable bonds is 2. The Kier molecular flexibility index (Phi) is 3.33. The van der Waals surface area contributed by atoms with E-state index in [1.54, 1.807) is 7.11 Å². The van der Waals surface area contributed by atoms with Crippen molar-refractivity contribution in [3.05, 3.63) is 23.0 Å². The Morgan fingerprint density at radius 3 is 2.89 bits per heavy atom. The second-order valence-electron chi connectivity index (χ2n) is 5.07. The van der Waals surface area contributed by atoms with Gasteiger partial charge in [0.05, 0.1) is 24.8 Å². The van der Waals surface area contributed by atoms with E-state index in [0.717, 1.165) is 42.5 Å². The second-order valence-corrected chi connectivity index (χ2v) is 5.46. The van der Waals surface area contributed by atoms with Gasteiger partial charge in [0.2, 0.25) is 0 Å². The highest BCUT2D eigenvalue weighted by atomic mass is 32.1. The molecule has 1 heterocycles. The van der Waals surface area contributed by atoms with Crippen molar-refractivity contribution in [1.82, 2.24) is 9.55 Å². The first kappa shape index (κ1) is 12.7. The van der Waals surface area contributed by atoms with Crippen LogP contribution in [0.2, 0.25) is 0 Å². The van der Waals surface area contributed by atoms with Gasteiger partial charge in [0.1, 0.15) is 11.3 Å². The molecule has 1 aromatic heterocycles. The third-order valence-corrected chi connectivity index (χ3v) is 4.26. The van der Waals surface area contributed by atoms with Crippen molar-refractivity contribution in [3.63, 3.8) is 0 Å². The molecule has 0 saturated heterocycles. The van der Waals surface area contributed by atoms with Gasteiger partial charge in [0.15, 0.2) is 4.77 Å². The van der Waals surface area contributed by atoms with Crippen LogP contribution in [0, 0.1) is 4.77 Å². The van der Waals surface area contributed by atoms with Crippen molar-refractivity contribution in [2.75, 3.05) is 7.11 Å². The molecule has 2 atom stereocenters. The van der Waals surface area contributed by atoms with E-state index >= 15 is 0 Å². The molecule has 19 heavy (non-hydrogen) atoms. The van der Waals surface area contributed by atoms with E-state index in [4.69, 9.17) is 17.0 Å². The average molecular weight is 278 g/mol. The number of hydrogen-bond acceptors (Lipinski definition) is 3. The Labute approximate surface area is 117 Å². The lowest BCUT2D eigenvalue weighted by atomic mass is 9.92. The molecule has 1 fully saturated rings. The van der Waals surface area contributed by atoms with Gasteiger partial charge in [-0.05, 0) is 37.2 Å². The molecule has 1 aliphatic rings. The number of aliphatic hydroxyl groups excluding tert-OH is 1. The van der Waals surface area contributed by atoms with Gasteiger partial charge in [-0.15, -0.1) is 0 Å². The Morgan fingerprint density at radius 1 is 1.37 bits per heavy atom. The molecule has 0 spiro atoms. The summed E-state index contributed by atoms with van der Waals surface area (Å²) in [5, 5.41) is 10.2. The third kappa shape index (κ3) is 2.07. The summed E-state index contributed by atoms with van der Waals surface area (Å²) in [6.45, 7) is 0. The Balaban J connectivity index is 2.18. The van der Waals surface area contributed by atoms with E-state index in [-0.39, 0.29) is 12.1 Å².